The monoisotopic (exact) mass is 244 g/mol. The highest BCUT2D eigenvalue weighted by Gasteiger charge is 2.26. The van der Waals surface area contributed by atoms with Crippen LogP contribution >= 0.6 is 0 Å². The van der Waals surface area contributed by atoms with Gasteiger partial charge in [0.2, 0.25) is 0 Å². The zero-order valence-electron chi connectivity index (χ0n) is 10.3. The lowest BCUT2D eigenvalue weighted by molar-refractivity contribution is -0.139. The molecule has 98 valence electrons. The smallest absolute Gasteiger partial charge is 0.337 e. The van der Waals surface area contributed by atoms with Crippen LogP contribution in [0.1, 0.15) is 13.3 Å². The highest BCUT2D eigenvalue weighted by atomic mass is 16.5. The highest BCUT2D eigenvalue weighted by molar-refractivity contribution is 5.89. The van der Waals surface area contributed by atoms with Gasteiger partial charge >= 0.3 is 5.97 Å². The lowest BCUT2D eigenvalue weighted by atomic mass is 10.1. The minimum atomic E-state index is -0.440. The minimum Gasteiger partial charge on any atom is -0.509 e. The number of ether oxygens (including phenoxy) is 2. The van der Waals surface area contributed by atoms with Crippen molar-refractivity contribution in [2.45, 2.75) is 19.5 Å². The maximum atomic E-state index is 11.6. The summed E-state index contributed by atoms with van der Waals surface area (Å²) in [7, 11) is 1.61. The number of carbonyl (C=O) groups excluding carboxylic acids is 1. The van der Waals surface area contributed by atoms with Crippen LogP contribution in [0, 0.1) is 0 Å². The van der Waals surface area contributed by atoms with E-state index in [1.807, 2.05) is 0 Å². The van der Waals surface area contributed by atoms with Gasteiger partial charge in [-0.05, 0) is 13.3 Å². The van der Waals surface area contributed by atoms with E-state index in [1.54, 1.807) is 14.0 Å². The van der Waals surface area contributed by atoms with Crippen molar-refractivity contribution in [3.63, 3.8) is 0 Å². The fraction of sp³-hybridized carbons (Fsp3) is 0.727. The normalized spacial score (nSPS) is 20.5. The Kier molecular flexibility index (Phi) is 5.96. The van der Waals surface area contributed by atoms with Gasteiger partial charge in [-0.15, -0.1) is 0 Å². The molecule has 1 aliphatic rings. The van der Waals surface area contributed by atoms with E-state index < -0.39 is 12.1 Å². The molecule has 0 aromatic heterocycles. The average molecular weight is 244 g/mol. The van der Waals surface area contributed by atoms with E-state index in [9.17, 15) is 9.90 Å². The molecule has 6 nitrogen and oxygen atoms in total. The molecule has 0 amide bonds. The van der Waals surface area contributed by atoms with Crippen LogP contribution in [-0.4, -0.2) is 50.7 Å². The Bertz CT molecular complexity index is 291. The van der Waals surface area contributed by atoms with Crippen LogP contribution in [0.5, 0.6) is 0 Å². The summed E-state index contributed by atoms with van der Waals surface area (Å²) in [6.07, 6.45) is 0.0749. The third kappa shape index (κ3) is 3.99. The predicted octanol–water partition coefficient (Wildman–Crippen LogP) is -0.0830. The summed E-state index contributed by atoms with van der Waals surface area (Å²) in [6, 6.07) is 0. The lowest BCUT2D eigenvalue weighted by Crippen LogP contribution is -2.49. The van der Waals surface area contributed by atoms with Gasteiger partial charge in [0, 0.05) is 20.2 Å². The second-order valence-electron chi connectivity index (χ2n) is 3.67. The van der Waals surface area contributed by atoms with E-state index >= 15 is 0 Å². The number of aliphatic hydroxyl groups is 1. The number of methoxy groups -OCH3 is 1. The van der Waals surface area contributed by atoms with E-state index in [4.69, 9.17) is 9.47 Å². The van der Waals surface area contributed by atoms with E-state index in [-0.39, 0.29) is 5.76 Å². The van der Waals surface area contributed by atoms with Crippen molar-refractivity contribution in [1.29, 1.82) is 0 Å². The van der Waals surface area contributed by atoms with Gasteiger partial charge in [0.05, 0.1) is 18.8 Å². The molecule has 0 bridgehead atoms. The fourth-order valence-electron chi connectivity index (χ4n) is 1.64. The van der Waals surface area contributed by atoms with Gasteiger partial charge in [0.15, 0.2) is 0 Å². The molecule has 3 N–H and O–H groups in total. The predicted molar refractivity (Wildman–Crippen MR) is 62.6 cm³/mol. The number of rotatable bonds is 6. The molecule has 1 aliphatic heterocycles. The second-order valence-corrected chi connectivity index (χ2v) is 3.67. The van der Waals surface area contributed by atoms with Crippen molar-refractivity contribution in [2.24, 2.45) is 0 Å². The number of nitrogens with one attached hydrogen (secondary N) is 2. The van der Waals surface area contributed by atoms with Crippen LogP contribution in [0.3, 0.4) is 0 Å². The lowest BCUT2D eigenvalue weighted by Gasteiger charge is -2.26. The van der Waals surface area contributed by atoms with E-state index in [1.165, 1.54) is 0 Å². The Morgan fingerprint density at radius 1 is 1.65 bits per heavy atom. The second kappa shape index (κ2) is 7.26. The van der Waals surface area contributed by atoms with E-state index in [0.29, 0.717) is 38.3 Å². The Balaban J connectivity index is 2.61. The van der Waals surface area contributed by atoms with Gasteiger partial charge in [-0.3, -0.25) is 10.6 Å². The average Bonchev–Trinajstić information content (AvgIpc) is 2.32. The SMILES string of the molecule is CCOC(=O)C1=C(O)[C@H](NCCOC)NCC1. The van der Waals surface area contributed by atoms with Crippen LogP contribution in [0.2, 0.25) is 0 Å². The standard InChI is InChI=1S/C11H20N2O4/c1-3-17-11(15)8-4-5-12-10(9(8)14)13-6-7-16-2/h10,12-14H,3-7H2,1-2H3/t10-/m0/s1. The Labute approximate surface area is 101 Å². The van der Waals surface area contributed by atoms with E-state index in [2.05, 4.69) is 10.6 Å². The van der Waals surface area contributed by atoms with Crippen molar-refractivity contribution in [2.75, 3.05) is 33.4 Å². The van der Waals surface area contributed by atoms with Crippen LogP contribution in [0.25, 0.3) is 0 Å². The van der Waals surface area contributed by atoms with Crippen LogP contribution in [0.4, 0.5) is 0 Å². The van der Waals surface area contributed by atoms with Gasteiger partial charge in [0.1, 0.15) is 11.9 Å². The number of hydrogen-bond donors (Lipinski definition) is 3. The number of aliphatic hydroxyl groups excluding tert-OH is 1. The first-order chi connectivity index (χ1) is 8.20. The zero-order valence-corrected chi connectivity index (χ0v) is 10.3. The fourth-order valence-corrected chi connectivity index (χ4v) is 1.64. The Hall–Kier alpha value is -1.11. The summed E-state index contributed by atoms with van der Waals surface area (Å²) in [5.41, 5.74) is 0.348. The first-order valence-corrected chi connectivity index (χ1v) is 5.75. The molecule has 17 heavy (non-hydrogen) atoms. The summed E-state index contributed by atoms with van der Waals surface area (Å²) in [6.45, 7) is 3.81. The molecule has 0 fully saturated rings. The first-order valence-electron chi connectivity index (χ1n) is 5.75. The number of hydrogen-bond acceptors (Lipinski definition) is 6. The summed E-state index contributed by atoms with van der Waals surface area (Å²) >= 11 is 0. The molecular formula is C11H20N2O4. The number of esters is 1. The maximum Gasteiger partial charge on any atom is 0.337 e. The van der Waals surface area contributed by atoms with Crippen LogP contribution in [0.15, 0.2) is 11.3 Å². The molecule has 0 aliphatic carbocycles. The molecule has 1 heterocycles. The zero-order chi connectivity index (χ0) is 12.7. The Morgan fingerprint density at radius 2 is 2.41 bits per heavy atom. The summed E-state index contributed by atoms with van der Waals surface area (Å²) in [5.74, 6) is -0.421. The van der Waals surface area contributed by atoms with Gasteiger partial charge in [-0.1, -0.05) is 0 Å². The topological polar surface area (TPSA) is 79.8 Å². The summed E-state index contributed by atoms with van der Waals surface area (Å²) in [5, 5.41) is 16.1. The van der Waals surface area contributed by atoms with Crippen molar-refractivity contribution >= 4 is 5.97 Å². The molecular weight excluding hydrogens is 224 g/mol. The van der Waals surface area contributed by atoms with Crippen LogP contribution in [-0.2, 0) is 14.3 Å². The minimum absolute atomic E-state index is 0.0193. The first kappa shape index (κ1) is 14.0. The van der Waals surface area contributed by atoms with Crippen molar-refractivity contribution in [1.82, 2.24) is 10.6 Å². The summed E-state index contributed by atoms with van der Waals surface area (Å²) < 4.78 is 9.79. The van der Waals surface area contributed by atoms with Crippen LogP contribution < -0.4 is 10.6 Å². The maximum absolute atomic E-state index is 11.6. The third-order valence-electron chi connectivity index (χ3n) is 2.48. The summed E-state index contributed by atoms with van der Waals surface area (Å²) in [4.78, 5) is 11.6. The van der Waals surface area contributed by atoms with Gasteiger partial charge in [-0.25, -0.2) is 4.79 Å². The molecule has 1 rings (SSSR count). The molecule has 1 atom stereocenters. The third-order valence-corrected chi connectivity index (χ3v) is 2.48. The molecule has 0 unspecified atom stereocenters. The highest BCUT2D eigenvalue weighted by Crippen LogP contribution is 2.15. The van der Waals surface area contributed by atoms with E-state index in [0.717, 1.165) is 0 Å². The van der Waals surface area contributed by atoms with Gasteiger partial charge in [-0.2, -0.15) is 0 Å². The van der Waals surface area contributed by atoms with Gasteiger partial charge in [0.25, 0.3) is 0 Å². The Morgan fingerprint density at radius 3 is 3.06 bits per heavy atom. The molecule has 0 saturated carbocycles. The molecule has 0 saturated heterocycles. The number of carbonyl (C=O) groups is 1. The van der Waals surface area contributed by atoms with Crippen molar-refractivity contribution in [3.05, 3.63) is 11.3 Å². The molecule has 0 aromatic rings. The molecule has 6 heteroatoms. The van der Waals surface area contributed by atoms with Crippen molar-refractivity contribution < 1.29 is 19.4 Å². The molecule has 0 aromatic carbocycles. The largest absolute Gasteiger partial charge is 0.509 e. The quantitative estimate of drug-likeness (QED) is 0.448. The van der Waals surface area contributed by atoms with Gasteiger partial charge < -0.3 is 14.6 Å². The van der Waals surface area contributed by atoms with Crippen molar-refractivity contribution in [3.8, 4) is 0 Å². The molecule has 0 radical (unpaired) electrons. The molecule has 0 spiro atoms.